The number of alkyl halides is 2. The molecule has 6 heteroatoms. The summed E-state index contributed by atoms with van der Waals surface area (Å²) >= 11 is 0. The Kier molecular flexibility index (Phi) is 3.38. The highest BCUT2D eigenvalue weighted by Gasteiger charge is 2.31. The van der Waals surface area contributed by atoms with E-state index in [0.29, 0.717) is 12.8 Å². The van der Waals surface area contributed by atoms with Gasteiger partial charge in [-0.3, -0.25) is 9.59 Å². The minimum Gasteiger partial charge on any atom is -0.481 e. The lowest BCUT2D eigenvalue weighted by Gasteiger charge is -2.30. The van der Waals surface area contributed by atoms with Gasteiger partial charge in [-0.05, 0) is 12.8 Å². The highest BCUT2D eigenvalue weighted by molar-refractivity contribution is 5.80. The van der Waals surface area contributed by atoms with E-state index in [1.165, 1.54) is 0 Å². The van der Waals surface area contributed by atoms with Crippen LogP contribution in [0.25, 0.3) is 0 Å². The second-order valence-corrected chi connectivity index (χ2v) is 3.26. The predicted octanol–water partition coefficient (Wildman–Crippen LogP) is 0.575. The van der Waals surface area contributed by atoms with Crippen molar-refractivity contribution in [2.45, 2.75) is 19.3 Å². The molecule has 0 aliphatic carbocycles. The highest BCUT2D eigenvalue weighted by atomic mass is 19.3. The van der Waals surface area contributed by atoms with Gasteiger partial charge in [0, 0.05) is 13.1 Å². The fourth-order valence-corrected chi connectivity index (χ4v) is 1.52. The number of halogens is 2. The first kappa shape index (κ1) is 10.9. The van der Waals surface area contributed by atoms with Crippen LogP contribution in [0.1, 0.15) is 12.8 Å². The first-order valence-electron chi connectivity index (χ1n) is 4.32. The Morgan fingerprint density at radius 2 is 2.07 bits per heavy atom. The average Bonchev–Trinajstić information content (AvgIpc) is 2.16. The Balaban J connectivity index is 2.56. The molecule has 80 valence electrons. The SMILES string of the molecule is O=C(O)[C@H]1CCCN(C(=O)C(F)F)C1. The molecule has 1 heterocycles. The minimum absolute atomic E-state index is 0.0987. The molecule has 4 nitrogen and oxygen atoms in total. The van der Waals surface area contributed by atoms with Crippen LogP contribution in [0.5, 0.6) is 0 Å². The number of carbonyl (C=O) groups is 2. The van der Waals surface area contributed by atoms with Gasteiger partial charge in [0.2, 0.25) is 0 Å². The lowest BCUT2D eigenvalue weighted by molar-refractivity contribution is -0.150. The first-order chi connectivity index (χ1) is 6.52. The maximum Gasteiger partial charge on any atom is 0.315 e. The molecule has 0 spiro atoms. The summed E-state index contributed by atoms with van der Waals surface area (Å²) in [6.07, 6.45) is -2.12. The first-order valence-corrected chi connectivity index (χ1v) is 4.32. The third kappa shape index (κ3) is 2.40. The van der Waals surface area contributed by atoms with Gasteiger partial charge in [0.05, 0.1) is 5.92 Å². The monoisotopic (exact) mass is 207 g/mol. The van der Waals surface area contributed by atoms with E-state index in [2.05, 4.69) is 0 Å². The van der Waals surface area contributed by atoms with Gasteiger partial charge in [-0.1, -0.05) is 0 Å². The van der Waals surface area contributed by atoms with Crippen molar-refractivity contribution in [3.05, 3.63) is 0 Å². The van der Waals surface area contributed by atoms with Crippen LogP contribution in [0.2, 0.25) is 0 Å². The molecule has 1 aliphatic heterocycles. The lowest BCUT2D eigenvalue weighted by Crippen LogP contribution is -2.44. The molecule has 0 saturated carbocycles. The third-order valence-electron chi connectivity index (χ3n) is 2.27. The lowest BCUT2D eigenvalue weighted by atomic mass is 9.98. The van der Waals surface area contributed by atoms with Gasteiger partial charge in [0.1, 0.15) is 0 Å². The van der Waals surface area contributed by atoms with Gasteiger partial charge in [0.25, 0.3) is 5.91 Å². The zero-order valence-electron chi connectivity index (χ0n) is 7.45. The van der Waals surface area contributed by atoms with Crippen LogP contribution in [0.4, 0.5) is 8.78 Å². The minimum atomic E-state index is -3.04. The van der Waals surface area contributed by atoms with Crippen molar-refractivity contribution in [3.8, 4) is 0 Å². The largest absolute Gasteiger partial charge is 0.481 e. The van der Waals surface area contributed by atoms with Gasteiger partial charge in [-0.2, -0.15) is 8.78 Å². The van der Waals surface area contributed by atoms with Crippen molar-refractivity contribution in [1.82, 2.24) is 4.90 Å². The molecule has 0 bridgehead atoms. The Hall–Kier alpha value is -1.20. The number of aliphatic carboxylic acids is 1. The normalized spacial score (nSPS) is 22.5. The van der Waals surface area contributed by atoms with Crippen molar-refractivity contribution in [2.75, 3.05) is 13.1 Å². The van der Waals surface area contributed by atoms with Crippen molar-refractivity contribution >= 4 is 11.9 Å². The second kappa shape index (κ2) is 4.34. The summed E-state index contributed by atoms with van der Waals surface area (Å²) in [4.78, 5) is 22.3. The van der Waals surface area contributed by atoms with Crippen LogP contribution in [-0.2, 0) is 9.59 Å². The summed E-state index contributed by atoms with van der Waals surface area (Å²) in [5.74, 6) is -3.00. The summed E-state index contributed by atoms with van der Waals surface area (Å²) in [6.45, 7) is 0.130. The van der Waals surface area contributed by atoms with E-state index in [4.69, 9.17) is 5.11 Å². The van der Waals surface area contributed by atoms with Gasteiger partial charge in [0.15, 0.2) is 0 Å². The van der Waals surface area contributed by atoms with E-state index in [1.54, 1.807) is 0 Å². The summed E-state index contributed by atoms with van der Waals surface area (Å²) < 4.78 is 24.0. The van der Waals surface area contributed by atoms with Crippen molar-refractivity contribution in [3.63, 3.8) is 0 Å². The number of likely N-dealkylation sites (tertiary alicyclic amines) is 1. The van der Waals surface area contributed by atoms with Crippen LogP contribution >= 0.6 is 0 Å². The zero-order valence-corrected chi connectivity index (χ0v) is 7.45. The molecule has 1 aliphatic rings. The fraction of sp³-hybridized carbons (Fsp3) is 0.750. The fourth-order valence-electron chi connectivity index (χ4n) is 1.52. The maximum absolute atomic E-state index is 12.0. The summed E-state index contributed by atoms with van der Waals surface area (Å²) in [5, 5.41) is 8.65. The zero-order chi connectivity index (χ0) is 10.7. The van der Waals surface area contributed by atoms with Crippen molar-refractivity contribution in [2.24, 2.45) is 5.92 Å². The quantitative estimate of drug-likeness (QED) is 0.720. The molecule has 0 unspecified atom stereocenters. The van der Waals surface area contributed by atoms with Crippen LogP contribution in [0.15, 0.2) is 0 Å². The smallest absolute Gasteiger partial charge is 0.315 e. The Labute approximate surface area is 79.5 Å². The highest BCUT2D eigenvalue weighted by Crippen LogP contribution is 2.17. The van der Waals surface area contributed by atoms with Gasteiger partial charge in [-0.15, -0.1) is 0 Å². The number of carboxylic acid groups (broad SMARTS) is 1. The van der Waals surface area contributed by atoms with Crippen LogP contribution in [-0.4, -0.2) is 41.4 Å². The molecule has 0 aromatic rings. The molecule has 0 radical (unpaired) electrons. The topological polar surface area (TPSA) is 57.6 Å². The van der Waals surface area contributed by atoms with Crippen LogP contribution < -0.4 is 0 Å². The molecule has 0 aromatic carbocycles. The second-order valence-electron chi connectivity index (χ2n) is 3.26. The average molecular weight is 207 g/mol. The number of carboxylic acids is 1. The molecule has 14 heavy (non-hydrogen) atoms. The third-order valence-corrected chi connectivity index (χ3v) is 2.27. The Morgan fingerprint density at radius 3 is 2.57 bits per heavy atom. The predicted molar refractivity (Wildman–Crippen MR) is 42.9 cm³/mol. The van der Waals surface area contributed by atoms with Gasteiger partial charge < -0.3 is 10.0 Å². The molecule has 1 amide bonds. The number of rotatable bonds is 2. The standard InChI is InChI=1S/C8H11F2NO3/c9-6(10)7(12)11-3-1-2-5(4-11)8(13)14/h5-6H,1-4H2,(H,13,14)/t5-/m0/s1. The number of amides is 1. The Morgan fingerprint density at radius 1 is 1.43 bits per heavy atom. The summed E-state index contributed by atoms with van der Waals surface area (Å²) in [5.41, 5.74) is 0. The van der Waals surface area contributed by atoms with Crippen molar-refractivity contribution in [1.29, 1.82) is 0 Å². The van der Waals surface area contributed by atoms with E-state index in [0.717, 1.165) is 4.90 Å². The van der Waals surface area contributed by atoms with E-state index >= 15 is 0 Å². The van der Waals surface area contributed by atoms with Gasteiger partial charge in [-0.25, -0.2) is 0 Å². The summed E-state index contributed by atoms with van der Waals surface area (Å²) in [6, 6.07) is 0. The molecule has 1 atom stereocenters. The summed E-state index contributed by atoms with van der Waals surface area (Å²) in [7, 11) is 0. The molecule has 1 rings (SSSR count). The maximum atomic E-state index is 12.0. The Bertz CT molecular complexity index is 245. The van der Waals surface area contributed by atoms with E-state index in [1.807, 2.05) is 0 Å². The number of nitrogens with zero attached hydrogens (tertiary/aromatic N) is 1. The van der Waals surface area contributed by atoms with Gasteiger partial charge >= 0.3 is 12.4 Å². The number of carbonyl (C=O) groups excluding carboxylic acids is 1. The number of hydrogen-bond donors (Lipinski definition) is 1. The molecule has 1 saturated heterocycles. The van der Waals surface area contributed by atoms with Crippen LogP contribution in [0, 0.1) is 5.92 Å². The van der Waals surface area contributed by atoms with E-state index in [9.17, 15) is 18.4 Å². The molecule has 1 fully saturated rings. The molecule has 1 N–H and O–H groups in total. The number of hydrogen-bond acceptors (Lipinski definition) is 2. The molecular weight excluding hydrogens is 196 g/mol. The molecule has 0 aromatic heterocycles. The number of piperidine rings is 1. The molecular formula is C8H11F2NO3. The van der Waals surface area contributed by atoms with E-state index < -0.39 is 24.2 Å². The van der Waals surface area contributed by atoms with E-state index in [-0.39, 0.29) is 13.1 Å². The van der Waals surface area contributed by atoms with Crippen molar-refractivity contribution < 1.29 is 23.5 Å². The van der Waals surface area contributed by atoms with Crippen LogP contribution in [0.3, 0.4) is 0 Å².